The van der Waals surface area contributed by atoms with Gasteiger partial charge in [0.2, 0.25) is 0 Å². The van der Waals surface area contributed by atoms with Gasteiger partial charge in [0.15, 0.2) is 0 Å². The normalized spacial score (nSPS) is 32.3. The highest BCUT2D eigenvalue weighted by Crippen LogP contribution is 2.49. The Labute approximate surface area is 165 Å². The second-order valence-electron chi connectivity index (χ2n) is 8.54. The Kier molecular flexibility index (Phi) is 4.95. The number of hydrogen-bond acceptors (Lipinski definition) is 4. The third-order valence-corrected chi connectivity index (χ3v) is 6.49. The molecule has 1 aromatic rings. The minimum atomic E-state index is -0.762. The van der Waals surface area contributed by atoms with Crippen LogP contribution in [0.15, 0.2) is 24.3 Å². The van der Waals surface area contributed by atoms with E-state index in [4.69, 9.17) is 4.74 Å². The van der Waals surface area contributed by atoms with Crippen molar-refractivity contribution in [2.24, 2.45) is 11.3 Å². The summed E-state index contributed by atoms with van der Waals surface area (Å²) in [7, 11) is 0. The molecule has 3 aliphatic rings. The van der Waals surface area contributed by atoms with E-state index in [1.54, 1.807) is 4.90 Å². The van der Waals surface area contributed by atoms with E-state index < -0.39 is 11.4 Å². The van der Waals surface area contributed by atoms with Gasteiger partial charge in [0, 0.05) is 26.2 Å². The largest absolute Gasteiger partial charge is 0.481 e. The fraction of sp³-hybridized carbons (Fsp3) is 0.619. The maximum Gasteiger partial charge on any atom is 0.321 e. The molecular formula is C21H29N3O4. The van der Waals surface area contributed by atoms with Crippen LogP contribution in [0.1, 0.15) is 33.1 Å². The number of urea groups is 1. The minimum absolute atomic E-state index is 0.0620. The topological polar surface area (TPSA) is 82.1 Å². The van der Waals surface area contributed by atoms with Crippen molar-refractivity contribution in [3.63, 3.8) is 0 Å². The molecular weight excluding hydrogens is 358 g/mol. The van der Waals surface area contributed by atoms with E-state index in [1.807, 2.05) is 24.3 Å². The van der Waals surface area contributed by atoms with Gasteiger partial charge in [-0.05, 0) is 44.7 Å². The molecule has 2 unspecified atom stereocenters. The van der Waals surface area contributed by atoms with Crippen LogP contribution in [0, 0.1) is 11.3 Å². The van der Waals surface area contributed by atoms with E-state index in [9.17, 15) is 14.7 Å². The van der Waals surface area contributed by atoms with Gasteiger partial charge in [0.25, 0.3) is 0 Å². The van der Waals surface area contributed by atoms with Crippen LogP contribution in [-0.2, 0) is 9.53 Å². The van der Waals surface area contributed by atoms with E-state index in [1.165, 1.54) is 0 Å². The van der Waals surface area contributed by atoms with Crippen molar-refractivity contribution in [2.75, 3.05) is 36.4 Å². The number of benzene rings is 1. The maximum absolute atomic E-state index is 13.0. The molecule has 2 saturated heterocycles. The molecule has 0 aromatic heterocycles. The van der Waals surface area contributed by atoms with Crippen LogP contribution in [-0.4, -0.2) is 60.4 Å². The third kappa shape index (κ3) is 3.32. The number of nitrogens with zero attached hydrogens (tertiary/aromatic N) is 2. The van der Waals surface area contributed by atoms with Gasteiger partial charge >= 0.3 is 12.0 Å². The van der Waals surface area contributed by atoms with Gasteiger partial charge in [-0.3, -0.25) is 4.79 Å². The number of aliphatic carboxylic acids is 1. The first-order valence-electron chi connectivity index (χ1n) is 10.2. The molecule has 1 aliphatic carbocycles. The number of ether oxygens (including phenoxy) is 1. The van der Waals surface area contributed by atoms with E-state index in [2.05, 4.69) is 24.1 Å². The fourth-order valence-electron chi connectivity index (χ4n) is 5.22. The van der Waals surface area contributed by atoms with E-state index in [-0.39, 0.29) is 24.2 Å². The number of carboxylic acid groups (broad SMARTS) is 1. The van der Waals surface area contributed by atoms with Gasteiger partial charge in [-0.2, -0.15) is 0 Å². The number of rotatable bonds is 3. The molecule has 3 fully saturated rings. The van der Waals surface area contributed by atoms with Gasteiger partial charge in [0.1, 0.15) is 0 Å². The van der Waals surface area contributed by atoms with Gasteiger partial charge in [0.05, 0.1) is 29.0 Å². The Morgan fingerprint density at radius 2 is 1.89 bits per heavy atom. The number of fused-ring (bicyclic) bond motifs is 1. The lowest BCUT2D eigenvalue weighted by Crippen LogP contribution is -2.46. The summed E-state index contributed by atoms with van der Waals surface area (Å²) in [5.74, 6) is -0.700. The number of morpholine rings is 1. The van der Waals surface area contributed by atoms with Crippen LogP contribution in [0.2, 0.25) is 0 Å². The zero-order valence-electron chi connectivity index (χ0n) is 16.6. The Balaban J connectivity index is 1.49. The summed E-state index contributed by atoms with van der Waals surface area (Å²) in [6, 6.07) is 7.58. The van der Waals surface area contributed by atoms with Crippen molar-refractivity contribution in [1.82, 2.24) is 4.90 Å². The minimum Gasteiger partial charge on any atom is -0.481 e. The van der Waals surface area contributed by atoms with Crippen LogP contribution in [0.25, 0.3) is 0 Å². The van der Waals surface area contributed by atoms with Crippen molar-refractivity contribution in [3.8, 4) is 0 Å². The van der Waals surface area contributed by atoms with Gasteiger partial charge in [-0.1, -0.05) is 18.6 Å². The predicted molar refractivity (Wildman–Crippen MR) is 107 cm³/mol. The summed E-state index contributed by atoms with van der Waals surface area (Å²) >= 11 is 0. The monoisotopic (exact) mass is 387 g/mol. The number of nitrogens with one attached hydrogen (secondary N) is 1. The summed E-state index contributed by atoms with van der Waals surface area (Å²) in [5, 5.41) is 12.8. The first-order chi connectivity index (χ1) is 13.4. The number of amides is 2. The fourth-order valence-corrected chi connectivity index (χ4v) is 5.22. The van der Waals surface area contributed by atoms with Crippen molar-refractivity contribution in [2.45, 2.75) is 45.3 Å². The van der Waals surface area contributed by atoms with E-state index >= 15 is 0 Å². The smallest absolute Gasteiger partial charge is 0.321 e. The molecule has 2 N–H and O–H groups in total. The van der Waals surface area contributed by atoms with Crippen LogP contribution in [0.4, 0.5) is 16.2 Å². The highest BCUT2D eigenvalue weighted by Gasteiger charge is 2.55. The lowest BCUT2D eigenvalue weighted by molar-refractivity contribution is -0.149. The molecule has 7 nitrogen and oxygen atoms in total. The number of carboxylic acids is 1. The van der Waals surface area contributed by atoms with Gasteiger partial charge in [-0.25, -0.2) is 4.79 Å². The molecule has 4 atom stereocenters. The van der Waals surface area contributed by atoms with Crippen molar-refractivity contribution < 1.29 is 19.4 Å². The summed E-state index contributed by atoms with van der Waals surface area (Å²) in [5.41, 5.74) is 0.978. The van der Waals surface area contributed by atoms with Crippen LogP contribution in [0.3, 0.4) is 0 Å². The number of carbonyl (C=O) groups excluding carboxylic acids is 1. The average Bonchev–Trinajstić information content (AvgIpc) is 3.20. The molecule has 0 radical (unpaired) electrons. The quantitative estimate of drug-likeness (QED) is 0.833. The van der Waals surface area contributed by atoms with E-state index in [0.717, 1.165) is 37.3 Å². The van der Waals surface area contributed by atoms with Gasteiger partial charge in [-0.15, -0.1) is 0 Å². The Bertz CT molecular complexity index is 760. The van der Waals surface area contributed by atoms with Crippen molar-refractivity contribution in [1.29, 1.82) is 0 Å². The SMILES string of the molecule is CC1CN(c2ccccc2NC(=O)N2C[C@@H]3CCC[C@@]3(C(=O)O)C2)CC(C)O1. The van der Waals surface area contributed by atoms with E-state index in [0.29, 0.717) is 19.5 Å². The predicted octanol–water partition coefficient (Wildman–Crippen LogP) is 3.02. The Hall–Kier alpha value is -2.28. The van der Waals surface area contributed by atoms with Crippen LogP contribution in [0.5, 0.6) is 0 Å². The summed E-state index contributed by atoms with van der Waals surface area (Å²) in [6.45, 7) is 6.46. The number of anilines is 2. The lowest BCUT2D eigenvalue weighted by atomic mass is 9.81. The second kappa shape index (κ2) is 7.28. The lowest BCUT2D eigenvalue weighted by Gasteiger charge is -2.37. The molecule has 2 heterocycles. The number of hydrogen-bond donors (Lipinski definition) is 2. The second-order valence-corrected chi connectivity index (χ2v) is 8.54. The van der Waals surface area contributed by atoms with Crippen LogP contribution >= 0.6 is 0 Å². The Morgan fingerprint density at radius 3 is 2.57 bits per heavy atom. The molecule has 2 aliphatic heterocycles. The summed E-state index contributed by atoms with van der Waals surface area (Å²) in [6.07, 6.45) is 2.73. The molecule has 0 bridgehead atoms. The molecule has 0 spiro atoms. The Morgan fingerprint density at radius 1 is 1.18 bits per heavy atom. The average molecular weight is 387 g/mol. The highest BCUT2D eigenvalue weighted by molar-refractivity contribution is 5.94. The summed E-state index contributed by atoms with van der Waals surface area (Å²) in [4.78, 5) is 28.8. The maximum atomic E-state index is 13.0. The molecule has 4 rings (SSSR count). The summed E-state index contributed by atoms with van der Waals surface area (Å²) < 4.78 is 5.82. The van der Waals surface area contributed by atoms with Crippen molar-refractivity contribution >= 4 is 23.4 Å². The van der Waals surface area contributed by atoms with Gasteiger partial charge < -0.3 is 25.0 Å². The third-order valence-electron chi connectivity index (χ3n) is 6.49. The number of carbonyl (C=O) groups is 2. The standard InChI is InChI=1S/C21H29N3O4/c1-14-10-23(11-15(2)28-14)18-8-4-3-7-17(18)22-20(27)24-12-16-6-5-9-21(16,13-24)19(25)26/h3-4,7-8,14-16H,5-6,9-13H2,1-2H3,(H,22,27)(H,25,26)/t14?,15?,16-,21+/m0/s1. The zero-order valence-corrected chi connectivity index (χ0v) is 16.6. The molecule has 7 heteroatoms. The van der Waals surface area contributed by atoms with Crippen molar-refractivity contribution in [3.05, 3.63) is 24.3 Å². The molecule has 2 amide bonds. The highest BCUT2D eigenvalue weighted by atomic mass is 16.5. The zero-order chi connectivity index (χ0) is 19.9. The molecule has 28 heavy (non-hydrogen) atoms. The first kappa shape index (κ1) is 19.1. The first-order valence-corrected chi connectivity index (χ1v) is 10.2. The molecule has 152 valence electrons. The molecule has 1 saturated carbocycles. The number of likely N-dealkylation sites (tertiary alicyclic amines) is 1. The number of para-hydroxylation sites is 2. The van der Waals surface area contributed by atoms with Crippen LogP contribution < -0.4 is 10.2 Å². The molecule has 1 aromatic carbocycles.